The maximum Gasteiger partial charge on any atom is 0.223 e. The fourth-order valence-corrected chi connectivity index (χ4v) is 1.80. The molecule has 1 aromatic heterocycles. The number of carbonyl (C=O) groups excluding carboxylic acids is 1. The molecule has 1 amide bonds. The molecule has 2 rings (SSSR count). The molecule has 0 saturated heterocycles. The topological polar surface area (TPSA) is 66.9 Å². The average molecular weight is 248 g/mol. The first kappa shape index (κ1) is 12.8. The van der Waals surface area contributed by atoms with E-state index in [1.54, 1.807) is 12.4 Å². The van der Waals surface area contributed by atoms with Crippen LogP contribution in [-0.4, -0.2) is 29.0 Å². The van der Waals surface area contributed by atoms with E-state index in [0.717, 1.165) is 31.4 Å². The Labute approximate surface area is 107 Å². The van der Waals surface area contributed by atoms with Crippen LogP contribution in [0.25, 0.3) is 0 Å². The number of hydrogen-bond donors (Lipinski definition) is 2. The van der Waals surface area contributed by atoms with Crippen molar-refractivity contribution in [2.24, 2.45) is 5.92 Å². The first-order valence-corrected chi connectivity index (χ1v) is 6.56. The summed E-state index contributed by atoms with van der Waals surface area (Å²) < 4.78 is 0. The van der Waals surface area contributed by atoms with Crippen LogP contribution in [0.4, 0.5) is 5.95 Å². The molecule has 1 heterocycles. The van der Waals surface area contributed by atoms with Gasteiger partial charge in [0.15, 0.2) is 0 Å². The van der Waals surface area contributed by atoms with E-state index in [9.17, 15) is 4.79 Å². The summed E-state index contributed by atoms with van der Waals surface area (Å²) in [4.78, 5) is 19.8. The lowest BCUT2D eigenvalue weighted by atomic mass is 9.85. The molecular formula is C13H20N4O. The first-order chi connectivity index (χ1) is 8.75. The van der Waals surface area contributed by atoms with Gasteiger partial charge in [0.2, 0.25) is 11.9 Å². The molecule has 18 heavy (non-hydrogen) atoms. The molecule has 1 saturated carbocycles. The molecule has 0 aromatic carbocycles. The van der Waals surface area contributed by atoms with Crippen molar-refractivity contribution in [2.45, 2.75) is 32.6 Å². The van der Waals surface area contributed by atoms with Crippen LogP contribution in [0.3, 0.4) is 0 Å². The number of nitrogens with one attached hydrogen (secondary N) is 2. The monoisotopic (exact) mass is 248 g/mol. The molecule has 0 bridgehead atoms. The van der Waals surface area contributed by atoms with Gasteiger partial charge >= 0.3 is 0 Å². The third kappa shape index (κ3) is 3.68. The molecule has 98 valence electrons. The zero-order chi connectivity index (χ0) is 12.8. The second kappa shape index (κ2) is 6.33. The van der Waals surface area contributed by atoms with E-state index < -0.39 is 0 Å². The molecule has 0 unspecified atom stereocenters. The average Bonchev–Trinajstić information content (AvgIpc) is 2.29. The molecule has 5 nitrogen and oxygen atoms in total. The van der Waals surface area contributed by atoms with Gasteiger partial charge in [0.25, 0.3) is 0 Å². The van der Waals surface area contributed by atoms with Gasteiger partial charge in [0, 0.05) is 31.4 Å². The van der Waals surface area contributed by atoms with Crippen LogP contribution in [-0.2, 0) is 4.79 Å². The fraction of sp³-hybridized carbons (Fsp3) is 0.615. The van der Waals surface area contributed by atoms with E-state index >= 15 is 0 Å². The van der Waals surface area contributed by atoms with Crippen molar-refractivity contribution >= 4 is 11.9 Å². The standard InChI is InChI=1S/C13H20N4O/c1-10-8-16-13(17-9-10)15-7-3-6-14-12(18)11-4-2-5-11/h8-9,11H,2-7H2,1H3,(H,14,18)(H,15,16,17). The highest BCUT2D eigenvalue weighted by Crippen LogP contribution is 2.25. The van der Waals surface area contributed by atoms with Gasteiger partial charge < -0.3 is 10.6 Å². The molecular weight excluding hydrogens is 228 g/mol. The highest BCUT2D eigenvalue weighted by Gasteiger charge is 2.24. The number of anilines is 1. The van der Waals surface area contributed by atoms with E-state index in [0.29, 0.717) is 12.5 Å². The van der Waals surface area contributed by atoms with Crippen molar-refractivity contribution in [1.82, 2.24) is 15.3 Å². The lowest BCUT2D eigenvalue weighted by Crippen LogP contribution is -2.35. The van der Waals surface area contributed by atoms with Crippen molar-refractivity contribution in [3.8, 4) is 0 Å². The summed E-state index contributed by atoms with van der Waals surface area (Å²) in [6.45, 7) is 3.45. The number of carbonyl (C=O) groups is 1. The third-order valence-corrected chi connectivity index (χ3v) is 3.19. The predicted octanol–water partition coefficient (Wildman–Crippen LogP) is 1.50. The Kier molecular flexibility index (Phi) is 4.50. The Morgan fingerprint density at radius 1 is 1.33 bits per heavy atom. The molecule has 1 fully saturated rings. The molecule has 0 spiro atoms. The van der Waals surface area contributed by atoms with Crippen LogP contribution in [0.15, 0.2) is 12.4 Å². The number of nitrogens with zero attached hydrogens (tertiary/aromatic N) is 2. The van der Waals surface area contributed by atoms with Crippen molar-refractivity contribution in [3.63, 3.8) is 0 Å². The maximum absolute atomic E-state index is 11.5. The van der Waals surface area contributed by atoms with E-state index in [2.05, 4.69) is 20.6 Å². The van der Waals surface area contributed by atoms with Crippen LogP contribution in [0.5, 0.6) is 0 Å². The second-order valence-corrected chi connectivity index (χ2v) is 4.78. The summed E-state index contributed by atoms with van der Waals surface area (Å²) in [7, 11) is 0. The number of aromatic nitrogens is 2. The molecule has 1 aliphatic rings. The Bertz CT molecular complexity index is 386. The minimum atomic E-state index is 0.216. The highest BCUT2D eigenvalue weighted by molar-refractivity contribution is 5.79. The summed E-state index contributed by atoms with van der Waals surface area (Å²) >= 11 is 0. The van der Waals surface area contributed by atoms with Crippen LogP contribution in [0.2, 0.25) is 0 Å². The maximum atomic E-state index is 11.5. The summed E-state index contributed by atoms with van der Waals surface area (Å²) in [6, 6.07) is 0. The summed E-state index contributed by atoms with van der Waals surface area (Å²) in [6.07, 6.45) is 7.77. The van der Waals surface area contributed by atoms with Gasteiger partial charge in [-0.25, -0.2) is 9.97 Å². The van der Waals surface area contributed by atoms with Crippen molar-refractivity contribution < 1.29 is 4.79 Å². The second-order valence-electron chi connectivity index (χ2n) is 4.78. The highest BCUT2D eigenvalue weighted by atomic mass is 16.1. The number of aryl methyl sites for hydroxylation is 1. The molecule has 5 heteroatoms. The van der Waals surface area contributed by atoms with Crippen molar-refractivity contribution in [3.05, 3.63) is 18.0 Å². The Balaban J connectivity index is 1.55. The molecule has 0 atom stereocenters. The van der Waals surface area contributed by atoms with Crippen molar-refractivity contribution in [2.75, 3.05) is 18.4 Å². The Morgan fingerprint density at radius 2 is 2.06 bits per heavy atom. The minimum absolute atomic E-state index is 0.216. The summed E-state index contributed by atoms with van der Waals surface area (Å²) in [5, 5.41) is 6.09. The van der Waals surface area contributed by atoms with Crippen molar-refractivity contribution in [1.29, 1.82) is 0 Å². The van der Waals surface area contributed by atoms with Gasteiger partial charge in [0.1, 0.15) is 0 Å². The zero-order valence-corrected chi connectivity index (χ0v) is 10.8. The van der Waals surface area contributed by atoms with E-state index in [4.69, 9.17) is 0 Å². The largest absolute Gasteiger partial charge is 0.356 e. The number of amides is 1. The Hall–Kier alpha value is -1.65. The normalized spacial score (nSPS) is 14.9. The van der Waals surface area contributed by atoms with Crippen LogP contribution in [0, 0.1) is 12.8 Å². The van der Waals surface area contributed by atoms with Gasteiger partial charge in [-0.15, -0.1) is 0 Å². The van der Waals surface area contributed by atoms with E-state index in [1.807, 2.05) is 6.92 Å². The molecule has 0 radical (unpaired) electrons. The van der Waals surface area contributed by atoms with E-state index in [1.165, 1.54) is 6.42 Å². The predicted molar refractivity (Wildman–Crippen MR) is 70.2 cm³/mol. The van der Waals surface area contributed by atoms with Gasteiger partial charge in [-0.05, 0) is 31.7 Å². The smallest absolute Gasteiger partial charge is 0.223 e. The SMILES string of the molecule is Cc1cnc(NCCCNC(=O)C2CCC2)nc1. The van der Waals surface area contributed by atoms with Crippen LogP contribution in [0.1, 0.15) is 31.2 Å². The molecule has 0 aliphatic heterocycles. The molecule has 2 N–H and O–H groups in total. The van der Waals surface area contributed by atoms with E-state index in [-0.39, 0.29) is 11.8 Å². The fourth-order valence-electron chi connectivity index (χ4n) is 1.80. The molecule has 1 aromatic rings. The zero-order valence-electron chi connectivity index (χ0n) is 10.8. The lowest BCUT2D eigenvalue weighted by Gasteiger charge is -2.23. The minimum Gasteiger partial charge on any atom is -0.356 e. The summed E-state index contributed by atoms with van der Waals surface area (Å²) in [5.74, 6) is 1.14. The van der Waals surface area contributed by atoms with Crippen LogP contribution >= 0.6 is 0 Å². The summed E-state index contributed by atoms with van der Waals surface area (Å²) in [5.41, 5.74) is 1.05. The van der Waals surface area contributed by atoms with Gasteiger partial charge in [-0.1, -0.05) is 6.42 Å². The molecule has 1 aliphatic carbocycles. The number of hydrogen-bond acceptors (Lipinski definition) is 4. The van der Waals surface area contributed by atoms with Gasteiger partial charge in [0.05, 0.1) is 0 Å². The third-order valence-electron chi connectivity index (χ3n) is 3.19. The van der Waals surface area contributed by atoms with Gasteiger partial charge in [-0.2, -0.15) is 0 Å². The first-order valence-electron chi connectivity index (χ1n) is 6.56. The number of rotatable bonds is 6. The Morgan fingerprint density at radius 3 is 2.67 bits per heavy atom. The van der Waals surface area contributed by atoms with Crippen LogP contribution < -0.4 is 10.6 Å². The quantitative estimate of drug-likeness (QED) is 0.749. The van der Waals surface area contributed by atoms with Gasteiger partial charge in [-0.3, -0.25) is 4.79 Å². The lowest BCUT2D eigenvalue weighted by molar-refractivity contribution is -0.127.